The molecule has 1 saturated heterocycles. The summed E-state index contributed by atoms with van der Waals surface area (Å²) in [5.74, 6) is 1.86. The molecule has 1 aliphatic heterocycles. The fourth-order valence-corrected chi connectivity index (χ4v) is 3.11. The first-order valence-corrected chi connectivity index (χ1v) is 8.36. The van der Waals surface area contributed by atoms with Gasteiger partial charge in [0.1, 0.15) is 12.1 Å². The molecule has 0 aromatic carbocycles. The Morgan fingerprint density at radius 1 is 1.32 bits per heavy atom. The number of hydrogen-bond donors (Lipinski definition) is 1. The maximum Gasteiger partial charge on any atom is 0.245 e. The van der Waals surface area contributed by atoms with Crippen molar-refractivity contribution in [3.8, 4) is 0 Å². The summed E-state index contributed by atoms with van der Waals surface area (Å²) < 4.78 is 0. The predicted molar refractivity (Wildman–Crippen MR) is 80.1 cm³/mol. The van der Waals surface area contributed by atoms with Crippen molar-refractivity contribution >= 4 is 23.6 Å². The first-order valence-electron chi connectivity index (χ1n) is 6.96. The van der Waals surface area contributed by atoms with Gasteiger partial charge in [-0.05, 0) is 37.2 Å². The molecule has 0 aromatic heterocycles. The average Bonchev–Trinajstić information content (AvgIpc) is 2.31. The van der Waals surface area contributed by atoms with Crippen LogP contribution in [-0.4, -0.2) is 47.4 Å². The Kier molecular flexibility index (Phi) is 6.17. The van der Waals surface area contributed by atoms with E-state index in [-0.39, 0.29) is 23.9 Å². The molecule has 4 nitrogen and oxygen atoms in total. The molecule has 5 heteroatoms. The van der Waals surface area contributed by atoms with Crippen molar-refractivity contribution in [3.05, 3.63) is 0 Å². The minimum Gasteiger partial charge on any atom is -0.343 e. The standard InChI is InChI=1S/C14H26N2O2S/c1-9(2)6-12-14(18)16(7-10(3)8-19-5)11(4)13(17)15-12/h9-12H,6-8H2,1-5H3,(H,15,17). The number of hydrogen-bond acceptors (Lipinski definition) is 3. The second kappa shape index (κ2) is 7.17. The topological polar surface area (TPSA) is 49.4 Å². The molecule has 0 saturated carbocycles. The van der Waals surface area contributed by atoms with Crippen molar-refractivity contribution in [2.24, 2.45) is 11.8 Å². The van der Waals surface area contributed by atoms with Crippen LogP contribution < -0.4 is 5.32 Å². The summed E-state index contributed by atoms with van der Waals surface area (Å²) in [5, 5.41) is 2.85. The maximum absolute atomic E-state index is 12.5. The van der Waals surface area contributed by atoms with E-state index in [1.807, 2.05) is 6.92 Å². The van der Waals surface area contributed by atoms with Gasteiger partial charge in [-0.2, -0.15) is 11.8 Å². The number of carbonyl (C=O) groups excluding carboxylic acids is 2. The van der Waals surface area contributed by atoms with Gasteiger partial charge in [0, 0.05) is 6.54 Å². The van der Waals surface area contributed by atoms with E-state index >= 15 is 0 Å². The molecule has 3 unspecified atom stereocenters. The van der Waals surface area contributed by atoms with Gasteiger partial charge in [-0.15, -0.1) is 0 Å². The summed E-state index contributed by atoms with van der Waals surface area (Å²) >= 11 is 1.77. The van der Waals surface area contributed by atoms with E-state index in [0.717, 1.165) is 5.75 Å². The zero-order valence-corrected chi connectivity index (χ0v) is 13.4. The third-order valence-electron chi connectivity index (χ3n) is 3.41. The predicted octanol–water partition coefficient (Wildman–Crippen LogP) is 1.75. The van der Waals surface area contributed by atoms with Crippen molar-refractivity contribution in [2.45, 2.75) is 46.2 Å². The van der Waals surface area contributed by atoms with E-state index < -0.39 is 0 Å². The number of carbonyl (C=O) groups is 2. The van der Waals surface area contributed by atoms with Gasteiger partial charge in [-0.1, -0.05) is 20.8 Å². The molecule has 19 heavy (non-hydrogen) atoms. The number of piperazine rings is 1. The molecule has 3 atom stereocenters. The summed E-state index contributed by atoms with van der Waals surface area (Å²) in [4.78, 5) is 26.2. The average molecular weight is 286 g/mol. The number of nitrogens with zero attached hydrogens (tertiary/aromatic N) is 1. The Morgan fingerprint density at radius 3 is 2.47 bits per heavy atom. The van der Waals surface area contributed by atoms with Crippen LogP contribution in [0.1, 0.15) is 34.1 Å². The molecule has 1 heterocycles. The number of nitrogens with one attached hydrogen (secondary N) is 1. The Labute approximate surface area is 120 Å². The van der Waals surface area contributed by atoms with E-state index in [1.165, 1.54) is 0 Å². The second-order valence-electron chi connectivity index (χ2n) is 5.92. The Bertz CT molecular complexity index is 333. The highest BCUT2D eigenvalue weighted by Crippen LogP contribution is 2.18. The highest BCUT2D eigenvalue weighted by molar-refractivity contribution is 7.98. The molecular weight excluding hydrogens is 260 g/mol. The van der Waals surface area contributed by atoms with Gasteiger partial charge in [0.25, 0.3) is 0 Å². The Morgan fingerprint density at radius 2 is 1.95 bits per heavy atom. The normalized spacial score (nSPS) is 25.7. The van der Waals surface area contributed by atoms with Crippen LogP contribution in [0.2, 0.25) is 0 Å². The van der Waals surface area contributed by atoms with Crippen LogP contribution in [0.25, 0.3) is 0 Å². The monoisotopic (exact) mass is 286 g/mol. The van der Waals surface area contributed by atoms with Gasteiger partial charge < -0.3 is 10.2 Å². The summed E-state index contributed by atoms with van der Waals surface area (Å²) in [6.07, 6.45) is 2.77. The Balaban J connectivity index is 2.75. The summed E-state index contributed by atoms with van der Waals surface area (Å²) in [6, 6.07) is -0.689. The first kappa shape index (κ1) is 16.3. The quantitative estimate of drug-likeness (QED) is 0.809. The zero-order chi connectivity index (χ0) is 14.6. The van der Waals surface area contributed by atoms with Gasteiger partial charge in [-0.3, -0.25) is 9.59 Å². The van der Waals surface area contributed by atoms with E-state index in [9.17, 15) is 9.59 Å². The number of thioether (sulfide) groups is 1. The molecule has 0 radical (unpaired) electrons. The van der Waals surface area contributed by atoms with E-state index in [2.05, 4.69) is 32.3 Å². The molecular formula is C14H26N2O2S. The summed E-state index contributed by atoms with van der Waals surface area (Å²) in [5.41, 5.74) is 0. The third kappa shape index (κ3) is 4.41. The molecule has 0 bridgehead atoms. The van der Waals surface area contributed by atoms with Crippen LogP contribution in [-0.2, 0) is 9.59 Å². The molecule has 1 N–H and O–H groups in total. The van der Waals surface area contributed by atoms with Crippen LogP contribution in [0.3, 0.4) is 0 Å². The minimum absolute atomic E-state index is 0.0263. The lowest BCUT2D eigenvalue weighted by molar-refractivity contribution is -0.149. The zero-order valence-electron chi connectivity index (χ0n) is 12.6. The Hall–Kier alpha value is -0.710. The van der Waals surface area contributed by atoms with Gasteiger partial charge >= 0.3 is 0 Å². The largest absolute Gasteiger partial charge is 0.343 e. The minimum atomic E-state index is -0.347. The van der Waals surface area contributed by atoms with Gasteiger partial charge in [0.15, 0.2) is 0 Å². The molecule has 1 rings (SSSR count). The smallest absolute Gasteiger partial charge is 0.245 e. The highest BCUT2D eigenvalue weighted by Gasteiger charge is 2.38. The van der Waals surface area contributed by atoms with E-state index in [0.29, 0.717) is 24.8 Å². The van der Waals surface area contributed by atoms with Crippen molar-refractivity contribution in [3.63, 3.8) is 0 Å². The van der Waals surface area contributed by atoms with Crippen molar-refractivity contribution < 1.29 is 9.59 Å². The van der Waals surface area contributed by atoms with Gasteiger partial charge in [0.2, 0.25) is 11.8 Å². The maximum atomic E-state index is 12.5. The lowest BCUT2D eigenvalue weighted by Gasteiger charge is -2.39. The van der Waals surface area contributed by atoms with Gasteiger partial charge in [-0.25, -0.2) is 0 Å². The number of amides is 2. The molecule has 0 spiro atoms. The fraction of sp³-hybridized carbons (Fsp3) is 0.857. The lowest BCUT2D eigenvalue weighted by Crippen LogP contribution is -2.63. The van der Waals surface area contributed by atoms with E-state index in [4.69, 9.17) is 0 Å². The van der Waals surface area contributed by atoms with E-state index in [1.54, 1.807) is 16.7 Å². The van der Waals surface area contributed by atoms with Crippen molar-refractivity contribution in [1.29, 1.82) is 0 Å². The summed E-state index contributed by atoms with van der Waals surface area (Å²) in [7, 11) is 0. The molecule has 0 aliphatic carbocycles. The van der Waals surface area contributed by atoms with Crippen LogP contribution >= 0.6 is 11.8 Å². The molecule has 1 aliphatic rings. The molecule has 0 aromatic rings. The van der Waals surface area contributed by atoms with Crippen LogP contribution in [0.5, 0.6) is 0 Å². The summed E-state index contributed by atoms with van der Waals surface area (Å²) in [6.45, 7) is 8.74. The molecule has 110 valence electrons. The fourth-order valence-electron chi connectivity index (χ4n) is 2.44. The first-order chi connectivity index (χ1) is 8.86. The SMILES string of the molecule is CSCC(C)CN1C(=O)C(CC(C)C)NC(=O)C1C. The van der Waals surface area contributed by atoms with Crippen molar-refractivity contribution in [2.75, 3.05) is 18.6 Å². The number of rotatable bonds is 6. The lowest BCUT2D eigenvalue weighted by atomic mass is 9.98. The molecule has 2 amide bonds. The van der Waals surface area contributed by atoms with Gasteiger partial charge in [0.05, 0.1) is 0 Å². The second-order valence-corrected chi connectivity index (χ2v) is 6.83. The van der Waals surface area contributed by atoms with Crippen LogP contribution in [0.4, 0.5) is 0 Å². The highest BCUT2D eigenvalue weighted by atomic mass is 32.2. The van der Waals surface area contributed by atoms with Crippen LogP contribution in [0.15, 0.2) is 0 Å². The third-order valence-corrected chi connectivity index (χ3v) is 4.31. The molecule has 1 fully saturated rings. The van der Waals surface area contributed by atoms with Crippen LogP contribution in [0, 0.1) is 11.8 Å². The van der Waals surface area contributed by atoms with Crippen molar-refractivity contribution in [1.82, 2.24) is 10.2 Å².